The molecule has 0 aromatic rings. The Morgan fingerprint density at radius 2 is 1.89 bits per heavy atom. The van der Waals surface area contributed by atoms with Gasteiger partial charge in [0, 0.05) is 31.0 Å². The number of amides is 1. The lowest BCUT2D eigenvalue weighted by atomic mass is 9.46. The third-order valence-electron chi connectivity index (χ3n) is 12.4. The lowest BCUT2D eigenvalue weighted by Crippen LogP contribution is -2.51. The van der Waals surface area contributed by atoms with Gasteiger partial charge in [-0.15, -0.1) is 0 Å². The third-order valence-corrected chi connectivity index (χ3v) is 12.4. The van der Waals surface area contributed by atoms with Gasteiger partial charge < -0.3 is 10.2 Å². The number of nitrogens with one attached hydrogen (secondary N) is 1. The molecule has 1 aliphatic heterocycles. The summed E-state index contributed by atoms with van der Waals surface area (Å²) in [7, 11) is 0. The molecular weight excluding hydrogens is 474 g/mol. The van der Waals surface area contributed by atoms with E-state index < -0.39 is 0 Å². The fourth-order valence-electron chi connectivity index (χ4n) is 9.89. The molecule has 0 spiro atoms. The van der Waals surface area contributed by atoms with Gasteiger partial charge in [0.15, 0.2) is 5.78 Å². The average Bonchev–Trinajstić information content (AvgIpc) is 3.51. The molecule has 38 heavy (non-hydrogen) atoms. The van der Waals surface area contributed by atoms with Crippen molar-refractivity contribution in [3.63, 3.8) is 0 Å². The lowest BCUT2D eigenvalue weighted by molar-refractivity contribution is -0.117. The molecule has 1 saturated heterocycles. The summed E-state index contributed by atoms with van der Waals surface area (Å²) in [5, 5.41) is 8.10. The Balaban J connectivity index is 1.11. The minimum atomic E-state index is -0.248. The first-order valence-electron chi connectivity index (χ1n) is 15.8. The highest BCUT2D eigenvalue weighted by Crippen LogP contribution is 2.66. The Kier molecular flexibility index (Phi) is 7.24. The maximum atomic E-state index is 13.2. The molecule has 1 heterocycles. The zero-order valence-electron chi connectivity index (χ0n) is 24.0. The van der Waals surface area contributed by atoms with Crippen LogP contribution in [0.1, 0.15) is 111 Å². The minimum Gasteiger partial charge on any atom is -0.314 e. The van der Waals surface area contributed by atoms with E-state index in [0.717, 1.165) is 69.7 Å². The van der Waals surface area contributed by atoms with Gasteiger partial charge in [0.05, 0.1) is 5.71 Å². The van der Waals surface area contributed by atoms with E-state index in [1.54, 1.807) is 0 Å². The molecule has 0 radical (unpaired) electrons. The first-order valence-corrected chi connectivity index (χ1v) is 15.8. The van der Waals surface area contributed by atoms with Crippen LogP contribution < -0.4 is 5.32 Å². The quantitative estimate of drug-likeness (QED) is 0.241. The van der Waals surface area contributed by atoms with Gasteiger partial charge in [-0.3, -0.25) is 9.63 Å². The van der Waals surface area contributed by atoms with Crippen LogP contribution in [0.4, 0.5) is 4.79 Å². The van der Waals surface area contributed by atoms with Crippen molar-refractivity contribution in [2.24, 2.45) is 39.7 Å². The smallest absolute Gasteiger partial charge is 0.314 e. The first-order chi connectivity index (χ1) is 18.3. The van der Waals surface area contributed by atoms with Crippen LogP contribution in [-0.4, -0.2) is 47.7 Å². The standard InChI is InChI=1S/C32H49N3O3/c1-21(34-38-30(37)35(24-7-4-8-24)19-15-23-6-5-18-33-23)27-11-12-28-26-10-9-22-20-25(36)13-16-31(22,2)29(26)14-17-32(27,28)3/h20,23-24,26-29,33H,4-19H2,1-3H3/b34-21+/t23?,26-,27+,28-,29-,31-,32+/m0/s1. The molecule has 6 rings (SSSR count). The first kappa shape index (κ1) is 26.5. The van der Waals surface area contributed by atoms with Crippen molar-refractivity contribution in [3.8, 4) is 0 Å². The molecule has 0 aromatic heterocycles. The summed E-state index contributed by atoms with van der Waals surface area (Å²) in [5.41, 5.74) is 2.90. The second kappa shape index (κ2) is 10.4. The Hall–Kier alpha value is -1.69. The number of carbonyl (C=O) groups is 2. The minimum absolute atomic E-state index is 0.216. The number of oxime groups is 1. The van der Waals surface area contributed by atoms with Crippen LogP contribution >= 0.6 is 0 Å². The van der Waals surface area contributed by atoms with E-state index >= 15 is 0 Å². The van der Waals surface area contributed by atoms with E-state index in [-0.39, 0.29) is 16.9 Å². The summed E-state index contributed by atoms with van der Waals surface area (Å²) in [5.74, 6) is 2.87. The van der Waals surface area contributed by atoms with Crippen LogP contribution in [0.5, 0.6) is 0 Å². The molecule has 4 saturated carbocycles. The molecule has 5 aliphatic carbocycles. The maximum absolute atomic E-state index is 13.2. The maximum Gasteiger partial charge on any atom is 0.436 e. The van der Waals surface area contributed by atoms with Gasteiger partial charge in [-0.05, 0) is 132 Å². The molecule has 7 atom stereocenters. The SMILES string of the molecule is C/C(=N\OC(=O)N(CCC1CCCN1)C1CCC1)[C@H]1CC[C@H]2[C@@H]3CCC4=CC(=O)CC[C@]4(C)[C@H]3CC[C@]12C. The summed E-state index contributed by atoms with van der Waals surface area (Å²) in [6.45, 7) is 8.92. The van der Waals surface area contributed by atoms with Crippen molar-refractivity contribution in [1.82, 2.24) is 10.2 Å². The van der Waals surface area contributed by atoms with Gasteiger partial charge in [-0.25, -0.2) is 4.79 Å². The zero-order chi connectivity index (χ0) is 26.5. The number of hydrogen-bond donors (Lipinski definition) is 1. The summed E-state index contributed by atoms with van der Waals surface area (Å²) in [4.78, 5) is 33.0. The van der Waals surface area contributed by atoms with Gasteiger partial charge >= 0.3 is 6.09 Å². The van der Waals surface area contributed by atoms with Gasteiger partial charge in [0.25, 0.3) is 0 Å². The highest BCUT2D eigenvalue weighted by atomic mass is 16.7. The highest BCUT2D eigenvalue weighted by molar-refractivity contribution is 5.91. The molecule has 6 heteroatoms. The van der Waals surface area contributed by atoms with Crippen molar-refractivity contribution < 1.29 is 14.4 Å². The van der Waals surface area contributed by atoms with Crippen molar-refractivity contribution >= 4 is 17.6 Å². The fourth-order valence-corrected chi connectivity index (χ4v) is 9.89. The second-order valence-corrected chi connectivity index (χ2v) is 14.1. The molecule has 1 amide bonds. The molecule has 5 fully saturated rings. The van der Waals surface area contributed by atoms with Crippen molar-refractivity contribution in [1.29, 1.82) is 0 Å². The van der Waals surface area contributed by atoms with E-state index in [1.807, 2.05) is 11.0 Å². The number of hydrogen-bond acceptors (Lipinski definition) is 5. The number of fused-ring (bicyclic) bond motifs is 5. The Bertz CT molecular complexity index is 996. The predicted octanol–water partition coefficient (Wildman–Crippen LogP) is 6.64. The lowest BCUT2D eigenvalue weighted by Gasteiger charge is -2.58. The highest BCUT2D eigenvalue weighted by Gasteiger charge is 2.59. The largest absolute Gasteiger partial charge is 0.436 e. The number of carbonyl (C=O) groups excluding carboxylic acids is 2. The number of ketones is 1. The van der Waals surface area contributed by atoms with Gasteiger partial charge in [-0.2, -0.15) is 0 Å². The normalized spacial score (nSPS) is 41.0. The van der Waals surface area contributed by atoms with Crippen LogP contribution in [0.2, 0.25) is 0 Å². The van der Waals surface area contributed by atoms with E-state index in [0.29, 0.717) is 35.6 Å². The molecule has 210 valence electrons. The number of nitrogens with zero attached hydrogens (tertiary/aromatic N) is 2. The Morgan fingerprint density at radius 3 is 2.63 bits per heavy atom. The third kappa shape index (κ3) is 4.57. The molecule has 0 aromatic carbocycles. The predicted molar refractivity (Wildman–Crippen MR) is 150 cm³/mol. The van der Waals surface area contributed by atoms with E-state index in [1.165, 1.54) is 50.5 Å². The van der Waals surface area contributed by atoms with Crippen LogP contribution in [-0.2, 0) is 9.63 Å². The van der Waals surface area contributed by atoms with E-state index in [4.69, 9.17) is 4.84 Å². The van der Waals surface area contributed by atoms with Crippen molar-refractivity contribution in [2.75, 3.05) is 13.1 Å². The van der Waals surface area contributed by atoms with Crippen molar-refractivity contribution in [2.45, 2.75) is 123 Å². The van der Waals surface area contributed by atoms with Crippen LogP contribution in [0, 0.1) is 34.5 Å². The molecule has 0 bridgehead atoms. The molecule has 6 nitrogen and oxygen atoms in total. The number of allylic oxidation sites excluding steroid dienone is 1. The van der Waals surface area contributed by atoms with Gasteiger partial charge in [0.1, 0.15) is 0 Å². The molecular formula is C32H49N3O3. The molecule has 1 unspecified atom stereocenters. The summed E-state index contributed by atoms with van der Waals surface area (Å²) < 4.78 is 0. The van der Waals surface area contributed by atoms with Gasteiger partial charge in [0.2, 0.25) is 0 Å². The monoisotopic (exact) mass is 523 g/mol. The number of rotatable bonds is 6. The van der Waals surface area contributed by atoms with Crippen molar-refractivity contribution in [3.05, 3.63) is 11.6 Å². The van der Waals surface area contributed by atoms with Gasteiger partial charge in [-0.1, -0.05) is 24.6 Å². The van der Waals surface area contributed by atoms with E-state index in [9.17, 15) is 9.59 Å². The summed E-state index contributed by atoms with van der Waals surface area (Å²) in [6, 6.07) is 0.855. The fraction of sp³-hybridized carbons (Fsp3) is 0.844. The molecule has 6 aliphatic rings. The van der Waals surface area contributed by atoms with E-state index in [2.05, 4.69) is 31.2 Å². The Labute approximate surface area is 229 Å². The topological polar surface area (TPSA) is 71.0 Å². The molecule has 1 N–H and O–H groups in total. The van der Waals surface area contributed by atoms with Crippen LogP contribution in [0.15, 0.2) is 16.8 Å². The zero-order valence-corrected chi connectivity index (χ0v) is 24.0. The van der Waals surface area contributed by atoms with Crippen LogP contribution in [0.3, 0.4) is 0 Å². The van der Waals surface area contributed by atoms with Crippen LogP contribution in [0.25, 0.3) is 0 Å². The average molecular weight is 524 g/mol. The summed E-state index contributed by atoms with van der Waals surface area (Å²) in [6.07, 6.45) is 17.5. The Morgan fingerprint density at radius 1 is 1.05 bits per heavy atom. The summed E-state index contributed by atoms with van der Waals surface area (Å²) >= 11 is 0. The second-order valence-electron chi connectivity index (χ2n) is 14.1.